The third kappa shape index (κ3) is 9.99. The third-order valence-corrected chi connectivity index (χ3v) is 5.07. The van der Waals surface area contributed by atoms with Gasteiger partial charge in [-0.15, -0.1) is 11.3 Å². The van der Waals surface area contributed by atoms with Crippen LogP contribution in [0.5, 0.6) is 5.75 Å². The Balaban J connectivity index is 0.000000440. The summed E-state index contributed by atoms with van der Waals surface area (Å²) in [6.07, 6.45) is 2.42. The molecule has 0 aliphatic rings. The zero-order valence-electron chi connectivity index (χ0n) is 19.2. The number of carboxylic acid groups (broad SMARTS) is 2. The lowest BCUT2D eigenvalue weighted by Crippen LogP contribution is -2.42. The van der Waals surface area contributed by atoms with Crippen molar-refractivity contribution in [3.63, 3.8) is 0 Å². The summed E-state index contributed by atoms with van der Waals surface area (Å²) in [7, 11) is 0. The molecule has 182 valence electrons. The number of hydrogen-bond acceptors (Lipinski definition) is 7. The highest BCUT2D eigenvalue weighted by Gasteiger charge is 2.13. The second-order valence-electron chi connectivity index (χ2n) is 8.25. The molecule has 10 heteroatoms. The molecule has 0 amide bonds. The fourth-order valence-electron chi connectivity index (χ4n) is 2.55. The van der Waals surface area contributed by atoms with Crippen LogP contribution in [0, 0.1) is 0 Å². The minimum atomic E-state index is -1.26. The molecular formula is C24H29N3O6S. The van der Waals surface area contributed by atoms with Crippen LogP contribution in [0.2, 0.25) is 0 Å². The molecule has 0 fully saturated rings. The molecule has 5 N–H and O–H groups in total. The summed E-state index contributed by atoms with van der Waals surface area (Å²) < 4.78 is 5.67. The molecule has 0 radical (unpaired) electrons. The van der Waals surface area contributed by atoms with Crippen molar-refractivity contribution in [2.75, 3.05) is 13.2 Å². The van der Waals surface area contributed by atoms with Crippen molar-refractivity contribution in [3.8, 4) is 27.7 Å². The number of aromatic nitrogens is 2. The number of ether oxygens (including phenoxy) is 1. The summed E-state index contributed by atoms with van der Waals surface area (Å²) >= 11 is 1.68. The smallest absolute Gasteiger partial charge is 0.328 e. The number of nitrogens with one attached hydrogen (secondary N) is 2. The molecule has 0 saturated carbocycles. The highest BCUT2D eigenvalue weighted by molar-refractivity contribution is 7.13. The minimum Gasteiger partial charge on any atom is -0.491 e. The average molecular weight is 488 g/mol. The van der Waals surface area contributed by atoms with E-state index in [9.17, 15) is 14.7 Å². The van der Waals surface area contributed by atoms with E-state index in [2.05, 4.69) is 42.1 Å². The van der Waals surface area contributed by atoms with E-state index in [4.69, 9.17) is 14.9 Å². The van der Waals surface area contributed by atoms with Crippen LogP contribution >= 0.6 is 11.3 Å². The number of carbonyl (C=O) groups is 2. The maximum Gasteiger partial charge on any atom is 0.328 e. The Morgan fingerprint density at radius 1 is 1.15 bits per heavy atom. The molecule has 0 bridgehead atoms. The summed E-state index contributed by atoms with van der Waals surface area (Å²) in [6.45, 7) is 6.96. The Kier molecular flexibility index (Phi) is 9.99. The van der Waals surface area contributed by atoms with Crippen LogP contribution < -0.4 is 10.1 Å². The molecule has 1 atom stereocenters. The number of nitrogens with zero attached hydrogens (tertiary/aromatic N) is 1. The number of aromatic amines is 1. The topological polar surface area (TPSA) is 145 Å². The van der Waals surface area contributed by atoms with Crippen LogP contribution in [0.3, 0.4) is 0 Å². The lowest BCUT2D eigenvalue weighted by Gasteiger charge is -2.22. The SMILES string of the molecule is CC(C)(C)NC[C@H](O)COc1ccc(-c2ncc(-c3cccs3)[nH]2)cc1.O=C(O)/C=C\C(=O)O. The second kappa shape index (κ2) is 12.7. The Labute approximate surface area is 201 Å². The van der Waals surface area contributed by atoms with Crippen LogP contribution in [0.4, 0.5) is 0 Å². The predicted molar refractivity (Wildman–Crippen MR) is 131 cm³/mol. The number of aliphatic hydroxyl groups excluding tert-OH is 1. The van der Waals surface area contributed by atoms with Crippen molar-refractivity contribution in [1.82, 2.24) is 15.3 Å². The standard InChI is InChI=1S/C20H25N3O2S.C4H4O4/c1-20(2,3)22-11-15(24)13-25-16-8-6-14(7-9-16)19-21-12-17(23-19)18-5-4-10-26-18;5-3(6)1-2-4(7)8/h4-10,12,15,22,24H,11,13H2,1-3H3,(H,21,23);1-2H,(H,5,6)(H,7,8)/b;2-1-/t15-;/m0./s1. The van der Waals surface area contributed by atoms with Crippen molar-refractivity contribution in [2.24, 2.45) is 0 Å². The molecule has 34 heavy (non-hydrogen) atoms. The monoisotopic (exact) mass is 487 g/mol. The fraction of sp³-hybridized carbons (Fsp3) is 0.292. The Morgan fingerprint density at radius 2 is 1.79 bits per heavy atom. The average Bonchev–Trinajstić information content (AvgIpc) is 3.47. The first kappa shape index (κ1) is 26.8. The van der Waals surface area contributed by atoms with Gasteiger partial charge in [0.05, 0.1) is 16.8 Å². The van der Waals surface area contributed by atoms with Gasteiger partial charge in [-0.3, -0.25) is 0 Å². The first-order valence-electron chi connectivity index (χ1n) is 10.4. The number of aliphatic hydroxyl groups is 1. The maximum absolute atomic E-state index is 10.00. The van der Waals surface area contributed by atoms with Crippen LogP contribution in [0.1, 0.15) is 20.8 Å². The van der Waals surface area contributed by atoms with Crippen molar-refractivity contribution < 1.29 is 29.6 Å². The van der Waals surface area contributed by atoms with E-state index < -0.39 is 18.0 Å². The molecule has 0 unspecified atom stereocenters. The van der Waals surface area contributed by atoms with Gasteiger partial charge in [-0.25, -0.2) is 14.6 Å². The van der Waals surface area contributed by atoms with E-state index in [1.54, 1.807) is 11.3 Å². The Bertz CT molecular complexity index is 1050. The van der Waals surface area contributed by atoms with E-state index in [0.717, 1.165) is 22.8 Å². The molecule has 0 aliphatic heterocycles. The third-order valence-electron chi connectivity index (χ3n) is 4.17. The molecule has 2 heterocycles. The molecule has 3 aromatic rings. The molecule has 1 aromatic carbocycles. The van der Waals surface area contributed by atoms with Gasteiger partial charge in [0.15, 0.2) is 0 Å². The number of hydrogen-bond donors (Lipinski definition) is 5. The molecule has 0 saturated heterocycles. The van der Waals surface area contributed by atoms with Crippen molar-refractivity contribution >= 4 is 23.3 Å². The number of thiophene rings is 1. The largest absolute Gasteiger partial charge is 0.491 e. The zero-order chi connectivity index (χ0) is 25.1. The van der Waals surface area contributed by atoms with Crippen LogP contribution in [-0.2, 0) is 9.59 Å². The quantitative estimate of drug-likeness (QED) is 0.288. The molecule has 0 aliphatic carbocycles. The fourth-order valence-corrected chi connectivity index (χ4v) is 3.24. The van der Waals surface area contributed by atoms with E-state index in [0.29, 0.717) is 18.7 Å². The van der Waals surface area contributed by atoms with Crippen LogP contribution in [0.15, 0.2) is 60.1 Å². The number of β-amino-alcohol motifs (C(OH)–C–C–N with tert-alkyl or cyclic N) is 1. The van der Waals surface area contributed by atoms with Crippen molar-refractivity contribution in [3.05, 3.63) is 60.1 Å². The number of rotatable bonds is 9. The number of carboxylic acids is 2. The first-order valence-corrected chi connectivity index (χ1v) is 11.3. The van der Waals surface area contributed by atoms with Gasteiger partial charge in [0.25, 0.3) is 0 Å². The lowest BCUT2D eigenvalue weighted by atomic mass is 10.1. The number of benzene rings is 1. The van der Waals surface area contributed by atoms with Gasteiger partial charge in [0.2, 0.25) is 0 Å². The number of imidazole rings is 1. The zero-order valence-corrected chi connectivity index (χ0v) is 20.0. The summed E-state index contributed by atoms with van der Waals surface area (Å²) in [5.41, 5.74) is 1.99. The van der Waals surface area contributed by atoms with Gasteiger partial charge in [-0.05, 0) is 56.5 Å². The summed E-state index contributed by atoms with van der Waals surface area (Å²) in [4.78, 5) is 28.1. The number of H-pyrrole nitrogens is 1. The summed E-state index contributed by atoms with van der Waals surface area (Å²) in [6, 6.07) is 11.8. The van der Waals surface area contributed by atoms with Gasteiger partial charge in [-0.1, -0.05) is 6.07 Å². The van der Waals surface area contributed by atoms with Crippen LogP contribution in [-0.4, -0.2) is 62.0 Å². The highest BCUT2D eigenvalue weighted by Crippen LogP contribution is 2.26. The minimum absolute atomic E-state index is 0.0202. The van der Waals surface area contributed by atoms with E-state index >= 15 is 0 Å². The maximum atomic E-state index is 10.00. The van der Waals surface area contributed by atoms with Crippen LogP contribution in [0.25, 0.3) is 22.0 Å². The first-order chi connectivity index (χ1) is 16.0. The van der Waals surface area contributed by atoms with Gasteiger partial charge in [0.1, 0.15) is 24.3 Å². The molecule has 3 rings (SSSR count). The van der Waals surface area contributed by atoms with E-state index in [1.807, 2.05) is 41.9 Å². The van der Waals surface area contributed by atoms with Gasteiger partial charge in [0, 0.05) is 29.8 Å². The van der Waals surface area contributed by atoms with Gasteiger partial charge < -0.3 is 30.4 Å². The van der Waals surface area contributed by atoms with E-state index in [1.165, 1.54) is 4.88 Å². The Hall–Kier alpha value is -3.47. The Morgan fingerprint density at radius 3 is 2.32 bits per heavy atom. The van der Waals surface area contributed by atoms with Crippen molar-refractivity contribution in [1.29, 1.82) is 0 Å². The molecule has 0 spiro atoms. The number of aliphatic carboxylic acids is 2. The second-order valence-corrected chi connectivity index (χ2v) is 9.20. The highest BCUT2D eigenvalue weighted by atomic mass is 32.1. The summed E-state index contributed by atoms with van der Waals surface area (Å²) in [5.74, 6) is -0.956. The lowest BCUT2D eigenvalue weighted by molar-refractivity contribution is -0.134. The summed E-state index contributed by atoms with van der Waals surface area (Å²) in [5, 5.41) is 30.9. The molecule has 9 nitrogen and oxygen atoms in total. The normalized spacial score (nSPS) is 12.1. The van der Waals surface area contributed by atoms with Crippen molar-refractivity contribution in [2.45, 2.75) is 32.4 Å². The predicted octanol–water partition coefficient (Wildman–Crippen LogP) is 3.64. The van der Waals surface area contributed by atoms with Gasteiger partial charge in [-0.2, -0.15) is 0 Å². The van der Waals surface area contributed by atoms with Gasteiger partial charge >= 0.3 is 11.9 Å². The molecule has 2 aromatic heterocycles. The van der Waals surface area contributed by atoms with E-state index in [-0.39, 0.29) is 12.1 Å². The molecular weight excluding hydrogens is 458 g/mol.